The van der Waals surface area contributed by atoms with Gasteiger partial charge in [-0.15, -0.1) is 0 Å². The quantitative estimate of drug-likeness (QED) is 0.150. The van der Waals surface area contributed by atoms with Crippen LogP contribution in [0.25, 0.3) is 6.08 Å². The van der Waals surface area contributed by atoms with E-state index in [1.165, 1.54) is 69.4 Å². The number of carbonyl (C=O) groups excluding carboxylic acids is 3. The first-order chi connectivity index (χ1) is 22.1. The van der Waals surface area contributed by atoms with Crippen LogP contribution in [0.1, 0.15) is 65.6 Å². The Morgan fingerprint density at radius 2 is 1.61 bits per heavy atom. The molecule has 1 saturated heterocycles. The van der Waals surface area contributed by atoms with E-state index in [9.17, 15) is 19.2 Å². The van der Waals surface area contributed by atoms with Gasteiger partial charge in [-0.3, -0.25) is 14.9 Å². The average molecular weight is 733 g/mol. The highest BCUT2D eigenvalue weighted by Crippen LogP contribution is 2.60. The number of barbiturate groups is 1. The fraction of sp³-hybridized carbons (Fsp3) is 0.333. The molecule has 0 aromatic heterocycles. The number of methoxy groups -OCH3 is 1. The summed E-state index contributed by atoms with van der Waals surface area (Å²) in [5, 5.41) is 11.4. The van der Waals surface area contributed by atoms with Crippen molar-refractivity contribution in [3.8, 4) is 11.5 Å². The first-order valence-corrected chi connectivity index (χ1v) is 16.5. The fourth-order valence-electron chi connectivity index (χ4n) is 8.35. The third-order valence-corrected chi connectivity index (χ3v) is 10.8. The van der Waals surface area contributed by atoms with E-state index in [0.717, 1.165) is 28.2 Å². The number of carboxylic acid groups (broad SMARTS) is 1. The highest BCUT2D eigenvalue weighted by atomic mass is 127. The molecule has 5 aliphatic rings. The molecule has 4 amide bonds. The zero-order valence-electron chi connectivity index (χ0n) is 25.3. The Kier molecular flexibility index (Phi) is 7.86. The van der Waals surface area contributed by atoms with Gasteiger partial charge in [0.25, 0.3) is 11.8 Å². The SMILES string of the molecule is COc1cc(/C=C2\C(=O)NC(=O)N(c3ccc(C45CC6CC(CC(C6)C4)C5)cc3)C2=O)cc(I)c1OCc1ccc(C(=O)O)cc1. The summed E-state index contributed by atoms with van der Waals surface area (Å²) < 4.78 is 12.2. The number of amides is 4. The summed E-state index contributed by atoms with van der Waals surface area (Å²) in [5.74, 6) is 0.792. The summed E-state index contributed by atoms with van der Waals surface area (Å²) in [6.45, 7) is 0.173. The van der Waals surface area contributed by atoms with E-state index < -0.39 is 23.8 Å². The van der Waals surface area contributed by atoms with Gasteiger partial charge in [-0.25, -0.2) is 14.5 Å². The second-order valence-electron chi connectivity index (χ2n) is 13.0. The van der Waals surface area contributed by atoms with E-state index in [1.807, 2.05) is 12.1 Å². The van der Waals surface area contributed by atoms with Crippen LogP contribution in [0.3, 0.4) is 0 Å². The first-order valence-electron chi connectivity index (χ1n) is 15.5. The number of imide groups is 2. The zero-order valence-corrected chi connectivity index (χ0v) is 27.4. The predicted molar refractivity (Wildman–Crippen MR) is 179 cm³/mol. The molecule has 4 aliphatic carbocycles. The smallest absolute Gasteiger partial charge is 0.335 e. The Morgan fingerprint density at radius 1 is 0.978 bits per heavy atom. The van der Waals surface area contributed by atoms with E-state index in [4.69, 9.17) is 14.6 Å². The van der Waals surface area contributed by atoms with E-state index in [0.29, 0.717) is 26.3 Å². The predicted octanol–water partition coefficient (Wildman–Crippen LogP) is 6.71. The Labute approximate surface area is 280 Å². The van der Waals surface area contributed by atoms with Gasteiger partial charge in [-0.1, -0.05) is 24.3 Å². The minimum atomic E-state index is -1.00. The molecule has 4 saturated carbocycles. The molecular weight excluding hydrogens is 699 g/mol. The number of nitrogens with one attached hydrogen (secondary N) is 1. The molecule has 3 aromatic rings. The molecule has 2 N–H and O–H groups in total. The number of hydrogen-bond donors (Lipinski definition) is 2. The number of nitrogens with zero attached hydrogens (tertiary/aromatic N) is 1. The molecule has 0 atom stereocenters. The maximum absolute atomic E-state index is 13.7. The number of ether oxygens (including phenoxy) is 2. The number of benzene rings is 3. The Morgan fingerprint density at radius 3 is 2.20 bits per heavy atom. The number of urea groups is 1. The van der Waals surface area contributed by atoms with Gasteiger partial charge in [0.2, 0.25) is 0 Å². The lowest BCUT2D eigenvalue weighted by atomic mass is 9.48. The first kappa shape index (κ1) is 30.5. The molecule has 1 heterocycles. The highest BCUT2D eigenvalue weighted by molar-refractivity contribution is 14.1. The van der Waals surface area contributed by atoms with Crippen LogP contribution < -0.4 is 19.7 Å². The summed E-state index contributed by atoms with van der Waals surface area (Å²) in [4.78, 5) is 51.7. The average Bonchev–Trinajstić information content (AvgIpc) is 3.02. The maximum atomic E-state index is 13.7. The van der Waals surface area contributed by atoms with Gasteiger partial charge >= 0.3 is 12.0 Å². The summed E-state index contributed by atoms with van der Waals surface area (Å²) >= 11 is 2.09. The lowest BCUT2D eigenvalue weighted by Crippen LogP contribution is -2.54. The summed E-state index contributed by atoms with van der Waals surface area (Å²) in [7, 11) is 1.49. The molecule has 0 radical (unpaired) electrons. The van der Waals surface area contributed by atoms with Gasteiger partial charge in [-0.2, -0.15) is 0 Å². The van der Waals surface area contributed by atoms with Crippen molar-refractivity contribution in [3.05, 3.63) is 92.1 Å². The Hall–Kier alpha value is -4.19. The van der Waals surface area contributed by atoms with Crippen LogP contribution in [0.2, 0.25) is 0 Å². The molecule has 46 heavy (non-hydrogen) atoms. The van der Waals surface area contributed by atoms with Crippen molar-refractivity contribution < 1.29 is 33.8 Å². The zero-order chi connectivity index (χ0) is 32.2. The molecule has 8 rings (SSSR count). The van der Waals surface area contributed by atoms with Crippen LogP contribution in [-0.4, -0.2) is 36.0 Å². The van der Waals surface area contributed by atoms with Crippen molar-refractivity contribution >= 4 is 58.2 Å². The molecule has 0 unspecified atom stereocenters. The largest absolute Gasteiger partial charge is 0.493 e. The van der Waals surface area contributed by atoms with Gasteiger partial charge in [0.05, 0.1) is 21.9 Å². The number of aromatic carboxylic acids is 1. The van der Waals surface area contributed by atoms with Gasteiger partial charge in [-0.05, 0) is 143 Å². The van der Waals surface area contributed by atoms with Crippen molar-refractivity contribution in [1.29, 1.82) is 0 Å². The second kappa shape index (κ2) is 11.9. The number of halogens is 1. The summed E-state index contributed by atoms with van der Waals surface area (Å²) in [5.41, 5.74) is 3.20. The normalized spacial score (nSPS) is 26.0. The van der Waals surface area contributed by atoms with Crippen molar-refractivity contribution in [2.75, 3.05) is 12.0 Å². The van der Waals surface area contributed by atoms with Crippen LogP contribution in [0.5, 0.6) is 11.5 Å². The molecular formula is C36H33IN2O7. The Balaban J connectivity index is 1.11. The highest BCUT2D eigenvalue weighted by Gasteiger charge is 2.51. The fourth-order valence-corrected chi connectivity index (χ4v) is 9.13. The molecule has 5 fully saturated rings. The van der Waals surface area contributed by atoms with E-state index in [1.54, 1.807) is 24.3 Å². The molecule has 236 valence electrons. The number of carboxylic acids is 1. The van der Waals surface area contributed by atoms with Gasteiger partial charge < -0.3 is 14.6 Å². The van der Waals surface area contributed by atoms with Crippen LogP contribution >= 0.6 is 22.6 Å². The van der Waals surface area contributed by atoms with Crippen molar-refractivity contribution in [1.82, 2.24) is 5.32 Å². The molecule has 10 heteroatoms. The molecule has 9 nitrogen and oxygen atoms in total. The van der Waals surface area contributed by atoms with E-state index >= 15 is 0 Å². The summed E-state index contributed by atoms with van der Waals surface area (Å²) in [6, 6.07) is 16.8. The van der Waals surface area contributed by atoms with Gasteiger partial charge in [0.1, 0.15) is 12.2 Å². The lowest BCUT2D eigenvalue weighted by Gasteiger charge is -2.57. The second-order valence-corrected chi connectivity index (χ2v) is 14.2. The number of carbonyl (C=O) groups is 4. The number of rotatable bonds is 8. The Bertz CT molecular complexity index is 1750. The van der Waals surface area contributed by atoms with Crippen LogP contribution in [0, 0.1) is 21.3 Å². The molecule has 0 spiro atoms. The maximum Gasteiger partial charge on any atom is 0.335 e. The standard InChI is InChI=1S/C36H33IN2O7/c1-45-30-15-21(14-29(37)31(30)46-19-20-2-4-25(5-3-20)34(42)43)13-28-32(40)38-35(44)39(33(28)41)27-8-6-26(7-9-27)36-16-22-10-23(17-36)12-24(11-22)18-36/h2-9,13-15,22-24H,10-12,16-19H2,1H3,(H,42,43)(H,38,40,44)/b28-13+. The van der Waals surface area contributed by atoms with Crippen molar-refractivity contribution in [2.45, 2.75) is 50.5 Å². The minimum Gasteiger partial charge on any atom is -0.493 e. The monoisotopic (exact) mass is 732 g/mol. The minimum absolute atomic E-state index is 0.171. The summed E-state index contributed by atoms with van der Waals surface area (Å²) in [6.07, 6.45) is 9.16. The van der Waals surface area contributed by atoms with Crippen molar-refractivity contribution in [2.24, 2.45) is 17.8 Å². The molecule has 3 aromatic carbocycles. The third kappa shape index (κ3) is 5.56. The number of anilines is 1. The molecule has 1 aliphatic heterocycles. The third-order valence-electron chi connectivity index (χ3n) is 10.0. The van der Waals surface area contributed by atoms with Gasteiger partial charge in [0.15, 0.2) is 11.5 Å². The number of hydrogen-bond acceptors (Lipinski definition) is 6. The van der Waals surface area contributed by atoms with E-state index in [-0.39, 0.29) is 23.2 Å². The molecule has 4 bridgehead atoms. The lowest BCUT2D eigenvalue weighted by molar-refractivity contribution is -0.122. The van der Waals surface area contributed by atoms with Crippen LogP contribution in [-0.2, 0) is 21.6 Å². The van der Waals surface area contributed by atoms with Crippen LogP contribution in [0.4, 0.5) is 10.5 Å². The van der Waals surface area contributed by atoms with Crippen LogP contribution in [0.15, 0.2) is 66.2 Å². The van der Waals surface area contributed by atoms with Crippen molar-refractivity contribution in [3.63, 3.8) is 0 Å². The van der Waals surface area contributed by atoms with E-state index in [2.05, 4.69) is 40.0 Å². The van der Waals surface area contributed by atoms with Gasteiger partial charge in [0, 0.05) is 0 Å². The topological polar surface area (TPSA) is 122 Å².